The number of allylic oxidation sites excluding steroid dienone is 2. The minimum absolute atomic E-state index is 0.712. The first kappa shape index (κ1) is 3.49. The fourth-order valence-corrected chi connectivity index (χ4v) is 5.39. The molecular formula is C6H6I-. The molecule has 0 radical (unpaired) electrons. The second-order valence-electron chi connectivity index (χ2n) is 2.52. The Morgan fingerprint density at radius 2 is 1.86 bits per heavy atom. The summed E-state index contributed by atoms with van der Waals surface area (Å²) in [7, 11) is 0. The molecule has 4 aliphatic rings. The third-order valence-electron chi connectivity index (χ3n) is 2.14. The Balaban J connectivity index is 2.22. The molecule has 0 spiro atoms. The standard InChI is InChI=1S/C6H6I/c1-3-4(1)6-2-5(3)7-6/h5-6H,1-2H2/q-1. The van der Waals surface area contributed by atoms with Gasteiger partial charge in [-0.15, -0.1) is 0 Å². The van der Waals surface area contributed by atoms with Gasteiger partial charge in [-0.3, -0.25) is 0 Å². The zero-order valence-electron chi connectivity index (χ0n) is 3.95. The first-order valence-corrected chi connectivity index (χ1v) is 5.28. The van der Waals surface area contributed by atoms with Crippen molar-refractivity contribution in [2.75, 3.05) is 0 Å². The summed E-state index contributed by atoms with van der Waals surface area (Å²) in [4.78, 5) is 0. The second kappa shape index (κ2) is 0.809. The van der Waals surface area contributed by atoms with E-state index in [0.717, 1.165) is 0 Å². The third-order valence-corrected chi connectivity index (χ3v) is 6.40. The summed E-state index contributed by atoms with van der Waals surface area (Å²) in [5.41, 5.74) is 3.83. The molecule has 0 aromatic carbocycles. The van der Waals surface area contributed by atoms with E-state index in [4.69, 9.17) is 0 Å². The molecule has 4 rings (SSSR count). The van der Waals surface area contributed by atoms with Crippen LogP contribution in [0.25, 0.3) is 0 Å². The molecule has 2 aliphatic heterocycles. The molecule has 0 N–H and O–H groups in total. The van der Waals surface area contributed by atoms with E-state index in [9.17, 15) is 0 Å². The molecule has 38 valence electrons. The number of hydrogen-bond donors (Lipinski definition) is 0. The van der Waals surface area contributed by atoms with E-state index in [1.807, 2.05) is 11.1 Å². The summed E-state index contributed by atoms with van der Waals surface area (Å²) in [5, 5.41) is 0. The number of alkyl halides is 2. The molecule has 1 saturated heterocycles. The van der Waals surface area contributed by atoms with E-state index >= 15 is 0 Å². The maximum absolute atomic E-state index is 1.91. The number of rotatable bonds is 0. The van der Waals surface area contributed by atoms with Crippen LogP contribution in [0.1, 0.15) is 12.8 Å². The van der Waals surface area contributed by atoms with Crippen molar-refractivity contribution in [1.82, 2.24) is 0 Å². The maximum atomic E-state index is 1.91. The zero-order valence-corrected chi connectivity index (χ0v) is 6.10. The first-order valence-electron chi connectivity index (χ1n) is 2.79. The second-order valence-corrected chi connectivity index (χ2v) is 6.25. The third kappa shape index (κ3) is 0.256. The molecule has 1 heteroatoms. The summed E-state index contributed by atoms with van der Waals surface area (Å²) in [6.45, 7) is 0. The summed E-state index contributed by atoms with van der Waals surface area (Å²) in [5.74, 6) is 0. The van der Waals surface area contributed by atoms with Gasteiger partial charge in [0.1, 0.15) is 0 Å². The van der Waals surface area contributed by atoms with Crippen LogP contribution in [0.5, 0.6) is 0 Å². The predicted octanol–water partition coefficient (Wildman–Crippen LogP) is -2.07. The Kier molecular flexibility index (Phi) is 0.403. The van der Waals surface area contributed by atoms with Gasteiger partial charge in [0, 0.05) is 0 Å². The van der Waals surface area contributed by atoms with Gasteiger partial charge in [-0.2, -0.15) is 0 Å². The van der Waals surface area contributed by atoms with Crippen LogP contribution in [0.3, 0.4) is 0 Å². The topological polar surface area (TPSA) is 0 Å². The van der Waals surface area contributed by atoms with E-state index in [1.165, 1.54) is 14.3 Å². The van der Waals surface area contributed by atoms with Crippen molar-refractivity contribution < 1.29 is 21.2 Å². The molecule has 2 unspecified atom stereocenters. The van der Waals surface area contributed by atoms with Crippen LogP contribution >= 0.6 is 0 Å². The predicted molar refractivity (Wildman–Crippen MR) is 23.8 cm³/mol. The molecule has 2 atom stereocenters. The van der Waals surface area contributed by atoms with Crippen LogP contribution in [-0.4, -0.2) is 7.85 Å². The fraction of sp³-hybridized carbons (Fsp3) is 0.667. The van der Waals surface area contributed by atoms with Gasteiger partial charge in [0.2, 0.25) is 0 Å². The molecule has 0 aromatic heterocycles. The van der Waals surface area contributed by atoms with Crippen molar-refractivity contribution in [1.29, 1.82) is 0 Å². The van der Waals surface area contributed by atoms with E-state index in [-0.39, 0.29) is 0 Å². The molecule has 2 heterocycles. The minimum atomic E-state index is 0.712. The van der Waals surface area contributed by atoms with Gasteiger partial charge in [-0.25, -0.2) is 0 Å². The van der Waals surface area contributed by atoms with Gasteiger partial charge < -0.3 is 0 Å². The van der Waals surface area contributed by atoms with Crippen molar-refractivity contribution >= 4 is 0 Å². The van der Waals surface area contributed by atoms with Gasteiger partial charge >= 0.3 is 53.0 Å². The number of hydrogen-bond acceptors (Lipinski definition) is 0. The molecule has 0 aromatic rings. The van der Waals surface area contributed by atoms with Crippen LogP contribution in [0.4, 0.5) is 0 Å². The summed E-state index contributed by atoms with van der Waals surface area (Å²) >= 11 is 0.712. The van der Waals surface area contributed by atoms with E-state index in [0.29, 0.717) is 21.2 Å². The summed E-state index contributed by atoms with van der Waals surface area (Å²) < 4.78 is 2.44. The molecule has 2 bridgehead atoms. The molecule has 0 nitrogen and oxygen atoms in total. The Hall–Kier alpha value is 0.470. The molecule has 1 fully saturated rings. The van der Waals surface area contributed by atoms with Crippen LogP contribution < -0.4 is 21.2 Å². The van der Waals surface area contributed by atoms with Gasteiger partial charge in [0.15, 0.2) is 0 Å². The molecular weight excluding hydrogens is 199 g/mol. The van der Waals surface area contributed by atoms with E-state index < -0.39 is 0 Å². The van der Waals surface area contributed by atoms with Crippen LogP contribution in [0, 0.1) is 0 Å². The van der Waals surface area contributed by atoms with E-state index in [2.05, 4.69) is 0 Å². The van der Waals surface area contributed by atoms with E-state index in [1.54, 1.807) is 6.42 Å². The fourth-order valence-electron chi connectivity index (χ4n) is 1.58. The zero-order chi connectivity index (χ0) is 4.43. The van der Waals surface area contributed by atoms with Crippen molar-refractivity contribution in [3.05, 3.63) is 11.1 Å². The van der Waals surface area contributed by atoms with Crippen molar-refractivity contribution in [2.45, 2.75) is 20.7 Å². The Labute approximate surface area is 53.2 Å². The van der Waals surface area contributed by atoms with Crippen molar-refractivity contribution in [3.8, 4) is 0 Å². The monoisotopic (exact) mass is 205 g/mol. The van der Waals surface area contributed by atoms with Crippen LogP contribution in [-0.2, 0) is 0 Å². The SMILES string of the molecule is C1C2=C1C1CC2[I-]1. The van der Waals surface area contributed by atoms with Gasteiger partial charge in [0.25, 0.3) is 0 Å². The average Bonchev–Trinajstić information content (AvgIpc) is 2.10. The number of halogens is 1. The van der Waals surface area contributed by atoms with Gasteiger partial charge in [-0.05, 0) is 0 Å². The van der Waals surface area contributed by atoms with Gasteiger partial charge in [0.05, 0.1) is 0 Å². The van der Waals surface area contributed by atoms with Crippen LogP contribution in [0.2, 0.25) is 0 Å². The first-order chi connectivity index (χ1) is 3.45. The van der Waals surface area contributed by atoms with Crippen molar-refractivity contribution in [2.24, 2.45) is 0 Å². The Morgan fingerprint density at radius 1 is 1.29 bits per heavy atom. The van der Waals surface area contributed by atoms with Crippen molar-refractivity contribution in [3.63, 3.8) is 0 Å². The molecule has 7 heavy (non-hydrogen) atoms. The molecule has 0 saturated carbocycles. The Morgan fingerprint density at radius 3 is 2.00 bits per heavy atom. The molecule has 2 aliphatic carbocycles. The quantitative estimate of drug-likeness (QED) is 0.242. The molecule has 0 amide bonds. The van der Waals surface area contributed by atoms with Crippen LogP contribution in [0.15, 0.2) is 11.1 Å². The Bertz CT molecular complexity index is 147. The summed E-state index contributed by atoms with van der Waals surface area (Å²) in [6, 6.07) is 0. The van der Waals surface area contributed by atoms with Gasteiger partial charge in [-0.1, -0.05) is 0 Å². The normalized spacial score (nSPS) is 52.6. The summed E-state index contributed by atoms with van der Waals surface area (Å²) in [6.07, 6.45) is 3.08. The average molecular weight is 205 g/mol.